The first-order valence-electron chi connectivity index (χ1n) is 5.54. The maximum absolute atomic E-state index is 12.0. The Bertz CT molecular complexity index is 432. The lowest BCUT2D eigenvalue weighted by atomic mass is 9.95. The van der Waals surface area contributed by atoms with E-state index in [4.69, 9.17) is 10.7 Å². The molecule has 1 aliphatic rings. The number of hydroxylamine groups is 2. The van der Waals surface area contributed by atoms with Crippen molar-refractivity contribution in [2.75, 3.05) is 12.0 Å². The molecule has 1 amide bonds. The Hall–Kier alpha value is -1.59. The van der Waals surface area contributed by atoms with Crippen molar-refractivity contribution in [3.8, 4) is 0 Å². The summed E-state index contributed by atoms with van der Waals surface area (Å²) in [6, 6.07) is 7.56. The molecule has 0 bridgehead atoms. The van der Waals surface area contributed by atoms with Gasteiger partial charge < -0.3 is 5.43 Å². The Morgan fingerprint density at radius 3 is 2.76 bits per heavy atom. The number of hydrogen-bond donors (Lipinski definition) is 2. The number of amides is 1. The Kier molecular flexibility index (Phi) is 3.04. The van der Waals surface area contributed by atoms with Gasteiger partial charge in [0.25, 0.3) is 5.91 Å². The molecule has 5 heteroatoms. The zero-order valence-corrected chi connectivity index (χ0v) is 10.1. The maximum atomic E-state index is 12.0. The van der Waals surface area contributed by atoms with Gasteiger partial charge in [0.15, 0.2) is 0 Å². The number of nitrogen functional groups attached to an aromatic ring is 1. The van der Waals surface area contributed by atoms with E-state index in [-0.39, 0.29) is 5.91 Å². The number of carbonyl (C=O) groups is 1. The first-order chi connectivity index (χ1) is 8.04. The van der Waals surface area contributed by atoms with Crippen LogP contribution < -0.4 is 11.3 Å². The van der Waals surface area contributed by atoms with E-state index in [2.05, 4.69) is 5.43 Å². The molecular formula is C12H17N3O2. The summed E-state index contributed by atoms with van der Waals surface area (Å²) in [6.07, 6.45) is 0. The van der Waals surface area contributed by atoms with Gasteiger partial charge in [0, 0.05) is 0 Å². The zero-order valence-electron chi connectivity index (χ0n) is 10.1. The average Bonchev–Trinajstić information content (AvgIpc) is 2.57. The van der Waals surface area contributed by atoms with Crippen molar-refractivity contribution < 1.29 is 9.63 Å². The molecule has 1 aromatic rings. The fourth-order valence-electron chi connectivity index (χ4n) is 1.77. The quantitative estimate of drug-likeness (QED) is 0.611. The minimum absolute atomic E-state index is 0.00400. The minimum atomic E-state index is -0.439. The number of nitrogens with one attached hydrogen (secondary N) is 1. The Morgan fingerprint density at radius 1 is 1.47 bits per heavy atom. The van der Waals surface area contributed by atoms with E-state index in [1.54, 1.807) is 0 Å². The summed E-state index contributed by atoms with van der Waals surface area (Å²) in [7, 11) is 0. The lowest BCUT2D eigenvalue weighted by Gasteiger charge is -2.18. The van der Waals surface area contributed by atoms with Gasteiger partial charge in [-0.1, -0.05) is 18.2 Å². The van der Waals surface area contributed by atoms with Gasteiger partial charge in [-0.05, 0) is 25.5 Å². The summed E-state index contributed by atoms with van der Waals surface area (Å²) in [5.74, 6) is 5.42. The second-order valence-corrected chi connectivity index (χ2v) is 4.80. The van der Waals surface area contributed by atoms with Gasteiger partial charge in [-0.15, -0.1) is 0 Å². The molecule has 2 rings (SSSR count). The number of hydrogen-bond acceptors (Lipinski definition) is 4. The summed E-state index contributed by atoms with van der Waals surface area (Å²) < 4.78 is 0. The fourth-order valence-corrected chi connectivity index (χ4v) is 1.77. The third-order valence-electron chi connectivity index (χ3n) is 2.87. The largest absolute Gasteiger partial charge is 0.324 e. The normalized spacial score (nSPS) is 18.5. The monoisotopic (exact) mass is 235 g/mol. The highest BCUT2D eigenvalue weighted by atomic mass is 16.7. The molecule has 0 saturated carbocycles. The maximum Gasteiger partial charge on any atom is 0.254 e. The van der Waals surface area contributed by atoms with E-state index in [0.29, 0.717) is 13.2 Å². The molecule has 3 N–H and O–H groups in total. The number of rotatable bonds is 3. The molecule has 1 heterocycles. The van der Waals surface area contributed by atoms with Crippen molar-refractivity contribution in [3.63, 3.8) is 0 Å². The smallest absolute Gasteiger partial charge is 0.254 e. The van der Waals surface area contributed by atoms with Gasteiger partial charge in [0.05, 0.1) is 24.3 Å². The average molecular weight is 235 g/mol. The van der Waals surface area contributed by atoms with Crippen molar-refractivity contribution in [3.05, 3.63) is 29.8 Å². The van der Waals surface area contributed by atoms with Gasteiger partial charge >= 0.3 is 0 Å². The molecule has 0 unspecified atom stereocenters. The highest BCUT2D eigenvalue weighted by molar-refractivity contribution is 5.82. The highest BCUT2D eigenvalue weighted by Crippen LogP contribution is 2.29. The van der Waals surface area contributed by atoms with Gasteiger partial charge in [-0.3, -0.25) is 15.5 Å². The van der Waals surface area contributed by atoms with Gasteiger partial charge in [-0.2, -0.15) is 0 Å². The van der Waals surface area contributed by atoms with E-state index < -0.39 is 5.41 Å². The van der Waals surface area contributed by atoms with Crippen LogP contribution in [-0.2, 0) is 16.2 Å². The second kappa shape index (κ2) is 4.35. The number of anilines is 1. The lowest BCUT2D eigenvalue weighted by molar-refractivity contribution is -0.165. The van der Waals surface area contributed by atoms with E-state index in [1.807, 2.05) is 38.1 Å². The van der Waals surface area contributed by atoms with Crippen molar-refractivity contribution in [2.45, 2.75) is 20.4 Å². The van der Waals surface area contributed by atoms with Gasteiger partial charge in [-0.25, -0.2) is 5.06 Å². The fraction of sp³-hybridized carbons (Fsp3) is 0.417. The molecule has 0 aromatic heterocycles. The molecule has 1 saturated heterocycles. The molecule has 17 heavy (non-hydrogen) atoms. The first kappa shape index (κ1) is 11.9. The minimum Gasteiger partial charge on any atom is -0.324 e. The summed E-state index contributed by atoms with van der Waals surface area (Å²) >= 11 is 0. The van der Waals surface area contributed by atoms with Crippen LogP contribution in [0.15, 0.2) is 24.3 Å². The first-order valence-corrected chi connectivity index (χ1v) is 5.54. The predicted octanol–water partition coefficient (Wildman–Crippen LogP) is 1.27. The van der Waals surface area contributed by atoms with Crippen LogP contribution >= 0.6 is 0 Å². The molecule has 1 aromatic carbocycles. The number of hydrazine groups is 1. The number of nitrogens with two attached hydrogens (primary N) is 1. The molecule has 0 spiro atoms. The third kappa shape index (κ3) is 2.25. The van der Waals surface area contributed by atoms with Crippen molar-refractivity contribution in [1.29, 1.82) is 0 Å². The Balaban J connectivity index is 2.15. The number of para-hydroxylation sites is 1. The molecule has 5 nitrogen and oxygen atoms in total. The van der Waals surface area contributed by atoms with Crippen LogP contribution in [-0.4, -0.2) is 17.6 Å². The van der Waals surface area contributed by atoms with Gasteiger partial charge in [0.1, 0.15) is 0 Å². The van der Waals surface area contributed by atoms with Crippen LogP contribution in [0.4, 0.5) is 5.69 Å². The van der Waals surface area contributed by atoms with E-state index in [0.717, 1.165) is 11.3 Å². The van der Waals surface area contributed by atoms with Crippen LogP contribution in [0, 0.1) is 5.41 Å². The molecule has 1 fully saturated rings. The predicted molar refractivity (Wildman–Crippen MR) is 64.5 cm³/mol. The van der Waals surface area contributed by atoms with Crippen molar-refractivity contribution in [1.82, 2.24) is 5.06 Å². The SMILES string of the molecule is CC1(C)CON(Cc2ccccc2NN)C1=O. The summed E-state index contributed by atoms with van der Waals surface area (Å²) in [5, 5.41) is 1.40. The summed E-state index contributed by atoms with van der Waals surface area (Å²) in [4.78, 5) is 17.4. The van der Waals surface area contributed by atoms with E-state index in [9.17, 15) is 4.79 Å². The zero-order chi connectivity index (χ0) is 12.5. The van der Waals surface area contributed by atoms with Crippen LogP contribution in [0.25, 0.3) is 0 Å². The number of nitrogens with zero attached hydrogens (tertiary/aromatic N) is 1. The van der Waals surface area contributed by atoms with E-state index >= 15 is 0 Å². The van der Waals surface area contributed by atoms with Crippen molar-refractivity contribution >= 4 is 11.6 Å². The molecular weight excluding hydrogens is 218 g/mol. The lowest BCUT2D eigenvalue weighted by Crippen LogP contribution is -2.30. The highest BCUT2D eigenvalue weighted by Gasteiger charge is 2.40. The van der Waals surface area contributed by atoms with E-state index in [1.165, 1.54) is 5.06 Å². The molecule has 0 atom stereocenters. The molecule has 92 valence electrons. The van der Waals surface area contributed by atoms with Crippen LogP contribution in [0.1, 0.15) is 19.4 Å². The molecule has 0 aliphatic carbocycles. The van der Waals surface area contributed by atoms with Crippen LogP contribution in [0.5, 0.6) is 0 Å². The Morgan fingerprint density at radius 2 is 2.18 bits per heavy atom. The van der Waals surface area contributed by atoms with Crippen LogP contribution in [0.2, 0.25) is 0 Å². The summed E-state index contributed by atoms with van der Waals surface area (Å²) in [5.41, 5.74) is 3.90. The second-order valence-electron chi connectivity index (χ2n) is 4.80. The molecule has 1 aliphatic heterocycles. The summed E-state index contributed by atoms with van der Waals surface area (Å²) in [6.45, 7) is 4.58. The van der Waals surface area contributed by atoms with Crippen LogP contribution in [0.3, 0.4) is 0 Å². The number of carbonyl (C=O) groups excluding carboxylic acids is 1. The Labute approximate surface area is 100 Å². The topological polar surface area (TPSA) is 67.6 Å². The molecule has 0 radical (unpaired) electrons. The third-order valence-corrected chi connectivity index (χ3v) is 2.87. The van der Waals surface area contributed by atoms with Gasteiger partial charge in [0.2, 0.25) is 0 Å². The van der Waals surface area contributed by atoms with Crippen molar-refractivity contribution in [2.24, 2.45) is 11.3 Å². The standard InChI is InChI=1S/C12H17N3O2/c1-12(2)8-17-15(11(12)16)7-9-5-3-4-6-10(9)14-13/h3-6,14H,7-8,13H2,1-2H3. The number of benzene rings is 1.